The molecule has 0 radical (unpaired) electrons. The second-order valence-corrected chi connectivity index (χ2v) is 7.63. The second kappa shape index (κ2) is 11.5. The minimum atomic E-state index is -4.52. The van der Waals surface area contributed by atoms with Gasteiger partial charge in [-0.1, -0.05) is 73.3 Å². The minimum Gasteiger partial charge on any atom is -0.481 e. The van der Waals surface area contributed by atoms with Crippen molar-refractivity contribution in [3.05, 3.63) is 102 Å². The summed E-state index contributed by atoms with van der Waals surface area (Å²) < 4.78 is 41.1. The van der Waals surface area contributed by atoms with E-state index >= 15 is 0 Å². The standard InChI is InChI=1S/C26H25F3N2O3/c1-18(31-34-17-20-9-7-19(8-10-20)16-30-14-13-25(32)33)22-11-12-23(21-5-3-2-4-6-21)24(15-22)26(27,28)29/h2-12,15,30-31H,1,13-14,16-17H2,(H,32,33). The molecule has 0 unspecified atom stereocenters. The van der Waals surface area contributed by atoms with Gasteiger partial charge >= 0.3 is 12.1 Å². The Kier molecular flexibility index (Phi) is 8.45. The molecule has 0 fully saturated rings. The number of carboxylic acid groups (broad SMARTS) is 1. The highest BCUT2D eigenvalue weighted by atomic mass is 19.4. The quantitative estimate of drug-likeness (QED) is 0.250. The van der Waals surface area contributed by atoms with E-state index in [-0.39, 0.29) is 29.9 Å². The Balaban J connectivity index is 1.57. The van der Waals surface area contributed by atoms with Crippen LogP contribution in [-0.2, 0) is 29.0 Å². The van der Waals surface area contributed by atoms with Crippen molar-refractivity contribution in [1.82, 2.24) is 10.8 Å². The van der Waals surface area contributed by atoms with Crippen molar-refractivity contribution in [3.8, 4) is 11.1 Å². The summed E-state index contributed by atoms with van der Waals surface area (Å²) in [6.45, 7) is 4.91. The third-order valence-electron chi connectivity index (χ3n) is 5.06. The van der Waals surface area contributed by atoms with Gasteiger partial charge in [0.25, 0.3) is 0 Å². The predicted octanol–water partition coefficient (Wildman–Crippen LogP) is 5.63. The second-order valence-electron chi connectivity index (χ2n) is 7.63. The molecule has 178 valence electrons. The van der Waals surface area contributed by atoms with Gasteiger partial charge in [-0.15, -0.1) is 0 Å². The summed E-state index contributed by atoms with van der Waals surface area (Å²) in [5, 5.41) is 11.7. The van der Waals surface area contributed by atoms with E-state index in [1.54, 1.807) is 36.4 Å². The summed E-state index contributed by atoms with van der Waals surface area (Å²) in [4.78, 5) is 15.9. The van der Waals surface area contributed by atoms with E-state index in [1.807, 2.05) is 24.3 Å². The zero-order chi connectivity index (χ0) is 24.6. The lowest BCUT2D eigenvalue weighted by Gasteiger charge is -2.16. The monoisotopic (exact) mass is 470 g/mol. The number of nitrogens with one attached hydrogen (secondary N) is 2. The Hall–Kier alpha value is -3.62. The number of hydrogen-bond acceptors (Lipinski definition) is 4. The molecule has 3 aromatic carbocycles. The highest BCUT2D eigenvalue weighted by Gasteiger charge is 2.34. The minimum absolute atomic E-state index is 0.0565. The lowest BCUT2D eigenvalue weighted by atomic mass is 9.96. The molecule has 0 heterocycles. The van der Waals surface area contributed by atoms with Gasteiger partial charge in [0.15, 0.2) is 0 Å². The number of halogens is 3. The van der Waals surface area contributed by atoms with Crippen LogP contribution in [0, 0.1) is 0 Å². The van der Waals surface area contributed by atoms with Gasteiger partial charge in [-0.25, -0.2) is 0 Å². The fraction of sp³-hybridized carbons (Fsp3) is 0.192. The van der Waals surface area contributed by atoms with Gasteiger partial charge in [-0.3, -0.25) is 15.1 Å². The van der Waals surface area contributed by atoms with Crippen LogP contribution in [0.15, 0.2) is 79.4 Å². The summed E-state index contributed by atoms with van der Waals surface area (Å²) in [5.41, 5.74) is 4.79. The summed E-state index contributed by atoms with van der Waals surface area (Å²) >= 11 is 0. The first kappa shape index (κ1) is 25.0. The highest BCUT2D eigenvalue weighted by Crippen LogP contribution is 2.38. The summed E-state index contributed by atoms with van der Waals surface area (Å²) in [6.07, 6.45) is -4.46. The zero-order valence-corrected chi connectivity index (χ0v) is 18.4. The molecule has 0 spiro atoms. The number of hydrogen-bond donors (Lipinski definition) is 3. The van der Waals surface area contributed by atoms with Crippen LogP contribution in [0.5, 0.6) is 0 Å². The van der Waals surface area contributed by atoms with Gasteiger partial charge in [0, 0.05) is 13.1 Å². The third kappa shape index (κ3) is 7.19. The Morgan fingerprint density at radius 3 is 2.29 bits per heavy atom. The molecule has 0 saturated carbocycles. The number of alkyl halides is 3. The molecule has 3 aromatic rings. The van der Waals surface area contributed by atoms with Crippen LogP contribution in [0.1, 0.15) is 28.7 Å². The van der Waals surface area contributed by atoms with Crippen molar-refractivity contribution < 1.29 is 27.9 Å². The molecule has 0 aliphatic rings. The fourth-order valence-electron chi connectivity index (χ4n) is 3.28. The maximum absolute atomic E-state index is 13.7. The van der Waals surface area contributed by atoms with Gasteiger partial charge in [-0.05, 0) is 33.9 Å². The molecule has 8 heteroatoms. The van der Waals surface area contributed by atoms with Crippen molar-refractivity contribution in [2.75, 3.05) is 6.54 Å². The number of aliphatic carboxylic acids is 1. The molecule has 34 heavy (non-hydrogen) atoms. The van der Waals surface area contributed by atoms with Crippen LogP contribution >= 0.6 is 0 Å². The molecular weight excluding hydrogens is 445 g/mol. The molecule has 3 N–H and O–H groups in total. The van der Waals surface area contributed by atoms with Crippen LogP contribution in [0.4, 0.5) is 13.2 Å². The number of carbonyl (C=O) groups is 1. The van der Waals surface area contributed by atoms with Crippen LogP contribution in [0.2, 0.25) is 0 Å². The Morgan fingerprint density at radius 2 is 1.65 bits per heavy atom. The van der Waals surface area contributed by atoms with Crippen molar-refractivity contribution in [2.24, 2.45) is 0 Å². The lowest BCUT2D eigenvalue weighted by molar-refractivity contribution is -0.137. The lowest BCUT2D eigenvalue weighted by Crippen LogP contribution is -2.17. The number of rotatable bonds is 11. The SMILES string of the molecule is C=C(NOCc1ccc(CNCCC(=O)O)cc1)c1ccc(-c2ccccc2)c(C(F)(F)F)c1. The summed E-state index contributed by atoms with van der Waals surface area (Å²) in [5.74, 6) is -0.851. The molecule has 0 atom stereocenters. The molecule has 5 nitrogen and oxygen atoms in total. The van der Waals surface area contributed by atoms with Gasteiger partial charge in [0.05, 0.1) is 24.3 Å². The highest BCUT2D eigenvalue weighted by molar-refractivity contribution is 5.72. The van der Waals surface area contributed by atoms with E-state index in [4.69, 9.17) is 9.94 Å². The molecule has 0 aromatic heterocycles. The molecule has 3 rings (SSSR count). The first-order valence-corrected chi connectivity index (χ1v) is 10.6. The molecule has 0 saturated heterocycles. The van der Waals surface area contributed by atoms with E-state index in [9.17, 15) is 18.0 Å². The van der Waals surface area contributed by atoms with Gasteiger partial charge < -0.3 is 10.4 Å². The van der Waals surface area contributed by atoms with Crippen molar-refractivity contribution in [1.29, 1.82) is 0 Å². The molecule has 0 aliphatic carbocycles. The maximum atomic E-state index is 13.7. The number of carboxylic acids is 1. The largest absolute Gasteiger partial charge is 0.481 e. The smallest absolute Gasteiger partial charge is 0.417 e. The summed E-state index contributed by atoms with van der Waals surface area (Å²) in [7, 11) is 0. The predicted molar refractivity (Wildman–Crippen MR) is 124 cm³/mol. The van der Waals surface area contributed by atoms with Gasteiger partial charge in [-0.2, -0.15) is 13.2 Å². The van der Waals surface area contributed by atoms with Gasteiger partial charge in [0.2, 0.25) is 0 Å². The molecule has 0 amide bonds. The number of hydroxylamine groups is 1. The number of benzene rings is 3. The topological polar surface area (TPSA) is 70.6 Å². The van der Waals surface area contributed by atoms with Crippen LogP contribution in [0.25, 0.3) is 16.8 Å². The summed E-state index contributed by atoms with van der Waals surface area (Å²) in [6, 6.07) is 20.0. The molecule has 0 bridgehead atoms. The Morgan fingerprint density at radius 1 is 0.971 bits per heavy atom. The van der Waals surface area contributed by atoms with E-state index in [2.05, 4.69) is 17.4 Å². The van der Waals surface area contributed by atoms with Crippen LogP contribution < -0.4 is 10.8 Å². The van der Waals surface area contributed by atoms with E-state index < -0.39 is 17.7 Å². The third-order valence-corrected chi connectivity index (χ3v) is 5.06. The van der Waals surface area contributed by atoms with E-state index in [1.165, 1.54) is 6.07 Å². The normalized spacial score (nSPS) is 11.3. The van der Waals surface area contributed by atoms with Gasteiger partial charge in [0.1, 0.15) is 0 Å². The molecule has 0 aliphatic heterocycles. The van der Waals surface area contributed by atoms with E-state index in [0.717, 1.165) is 17.2 Å². The first-order valence-electron chi connectivity index (χ1n) is 10.6. The van der Waals surface area contributed by atoms with Crippen molar-refractivity contribution >= 4 is 11.7 Å². The fourth-order valence-corrected chi connectivity index (χ4v) is 3.28. The zero-order valence-electron chi connectivity index (χ0n) is 18.4. The average molecular weight is 470 g/mol. The first-order chi connectivity index (χ1) is 16.2. The Bertz CT molecular complexity index is 1110. The van der Waals surface area contributed by atoms with Crippen molar-refractivity contribution in [2.45, 2.75) is 25.7 Å². The van der Waals surface area contributed by atoms with E-state index in [0.29, 0.717) is 18.7 Å². The van der Waals surface area contributed by atoms with Crippen molar-refractivity contribution in [3.63, 3.8) is 0 Å². The average Bonchev–Trinajstić information content (AvgIpc) is 2.82. The molecular formula is C26H25F3N2O3. The maximum Gasteiger partial charge on any atom is 0.417 e. The van der Waals surface area contributed by atoms with Crippen LogP contribution in [0.3, 0.4) is 0 Å². The Labute approximate surface area is 195 Å². The van der Waals surface area contributed by atoms with Crippen LogP contribution in [-0.4, -0.2) is 17.6 Å².